The number of hydrogen-bond donors (Lipinski definition) is 0. The molecular weight excluding hydrogens is 546 g/mol. The van der Waals surface area contributed by atoms with Crippen LogP contribution in [0.5, 0.6) is 0 Å². The zero-order valence-corrected chi connectivity index (χ0v) is 28.4. The number of hydrogen-bond acceptors (Lipinski definition) is 7. The molecule has 2 unspecified atom stereocenters. The molecule has 0 aromatic carbocycles. The van der Waals surface area contributed by atoms with E-state index in [4.69, 9.17) is 14.2 Å². The van der Waals surface area contributed by atoms with Crippen molar-refractivity contribution in [2.45, 2.75) is 154 Å². The Labute approximate surface area is 263 Å². The lowest BCUT2D eigenvalue weighted by atomic mass is 10.1. The number of aliphatic carboxylic acids is 1. The third-order valence-electron chi connectivity index (χ3n) is 7.65. The van der Waals surface area contributed by atoms with Gasteiger partial charge in [-0.2, -0.15) is 0 Å². The number of esters is 2. The Morgan fingerprint density at radius 3 is 1.74 bits per heavy atom. The standard InChI is InChI=1S/C35H65NO7/c1-6-8-10-12-14-16-17-18-20-21-23-25-33(37)42-30-31(29-41-28-27-32(35(39)40)36(3,4)5)43-34(38)26-24-22-19-15-13-11-9-7-2/h12,14,31-32H,6-11,13,15-30H2,1-5H3/b14-12+. The molecule has 0 bridgehead atoms. The van der Waals surface area contributed by atoms with Crippen LogP contribution in [0.4, 0.5) is 0 Å². The van der Waals surface area contributed by atoms with Crippen molar-refractivity contribution >= 4 is 17.9 Å². The second-order valence-corrected chi connectivity index (χ2v) is 12.8. The van der Waals surface area contributed by atoms with Crippen LogP contribution in [0.2, 0.25) is 0 Å². The summed E-state index contributed by atoms with van der Waals surface area (Å²) in [5, 5.41) is 11.5. The molecular formula is C35H65NO7. The molecule has 0 aliphatic carbocycles. The van der Waals surface area contributed by atoms with E-state index in [-0.39, 0.29) is 42.7 Å². The SMILES string of the molecule is CCCC/C=C/CCCCCCCC(=O)OCC(COCCC(C(=O)[O-])[N+](C)(C)C)OC(=O)CCCCCCCCCC. The molecule has 0 fully saturated rings. The lowest BCUT2D eigenvalue weighted by Gasteiger charge is -2.34. The number of likely N-dealkylation sites (N-methyl/N-ethyl adjacent to an activating group) is 1. The van der Waals surface area contributed by atoms with Gasteiger partial charge in [0.2, 0.25) is 0 Å². The van der Waals surface area contributed by atoms with Crippen molar-refractivity contribution in [2.75, 3.05) is 41.0 Å². The second kappa shape index (κ2) is 27.6. The fraction of sp³-hybridized carbons (Fsp3) is 0.857. The predicted octanol–water partition coefficient (Wildman–Crippen LogP) is 6.68. The fourth-order valence-corrected chi connectivity index (χ4v) is 4.87. The van der Waals surface area contributed by atoms with Crippen molar-refractivity contribution in [3.8, 4) is 0 Å². The van der Waals surface area contributed by atoms with Crippen molar-refractivity contribution in [3.63, 3.8) is 0 Å². The van der Waals surface area contributed by atoms with E-state index in [0.717, 1.165) is 51.4 Å². The molecule has 2 atom stereocenters. The summed E-state index contributed by atoms with van der Waals surface area (Å²) in [6.45, 7) is 4.56. The lowest BCUT2D eigenvalue weighted by molar-refractivity contribution is -0.889. The highest BCUT2D eigenvalue weighted by atomic mass is 16.6. The Morgan fingerprint density at radius 2 is 1.19 bits per heavy atom. The second-order valence-electron chi connectivity index (χ2n) is 12.8. The Bertz CT molecular complexity index is 732. The van der Waals surface area contributed by atoms with Gasteiger partial charge in [-0.3, -0.25) is 9.59 Å². The van der Waals surface area contributed by atoms with Crippen LogP contribution < -0.4 is 5.11 Å². The van der Waals surface area contributed by atoms with Crippen LogP contribution in [-0.4, -0.2) is 75.5 Å². The monoisotopic (exact) mass is 611 g/mol. The Morgan fingerprint density at radius 1 is 0.674 bits per heavy atom. The van der Waals surface area contributed by atoms with E-state index in [2.05, 4.69) is 26.0 Å². The van der Waals surface area contributed by atoms with Crippen molar-refractivity contribution in [1.29, 1.82) is 0 Å². The Balaban J connectivity index is 4.47. The van der Waals surface area contributed by atoms with Crippen molar-refractivity contribution in [1.82, 2.24) is 0 Å². The van der Waals surface area contributed by atoms with Gasteiger partial charge in [-0.05, 0) is 32.1 Å². The summed E-state index contributed by atoms with van der Waals surface area (Å²) in [7, 11) is 5.38. The van der Waals surface area contributed by atoms with Crippen LogP contribution in [0.1, 0.15) is 142 Å². The van der Waals surface area contributed by atoms with Crippen LogP contribution in [0, 0.1) is 0 Å². The molecule has 0 aliphatic heterocycles. The van der Waals surface area contributed by atoms with E-state index >= 15 is 0 Å². The summed E-state index contributed by atoms with van der Waals surface area (Å²) in [6.07, 6.45) is 23.8. The highest BCUT2D eigenvalue weighted by Gasteiger charge is 2.25. The Hall–Kier alpha value is -1.93. The van der Waals surface area contributed by atoms with Crippen LogP contribution in [0.25, 0.3) is 0 Å². The first-order valence-electron chi connectivity index (χ1n) is 17.2. The summed E-state index contributed by atoms with van der Waals surface area (Å²) in [4.78, 5) is 36.4. The molecule has 0 aromatic rings. The minimum atomic E-state index is -1.13. The van der Waals surface area contributed by atoms with Crippen LogP contribution >= 0.6 is 0 Å². The third kappa shape index (κ3) is 26.2. The average Bonchev–Trinajstić information content (AvgIpc) is 2.94. The van der Waals surface area contributed by atoms with Gasteiger partial charge < -0.3 is 28.6 Å². The highest BCUT2D eigenvalue weighted by molar-refractivity contribution is 5.70. The number of carboxylic acids is 1. The van der Waals surface area contributed by atoms with E-state index in [1.54, 1.807) is 21.1 Å². The highest BCUT2D eigenvalue weighted by Crippen LogP contribution is 2.13. The first-order chi connectivity index (χ1) is 20.6. The normalized spacial score (nSPS) is 13.2. The number of unbranched alkanes of at least 4 members (excludes halogenated alkanes) is 14. The van der Waals surface area contributed by atoms with Crippen molar-refractivity contribution < 1.29 is 38.2 Å². The first-order valence-corrected chi connectivity index (χ1v) is 17.2. The molecule has 0 radical (unpaired) electrons. The number of carboxylic acid groups (broad SMARTS) is 1. The summed E-state index contributed by atoms with van der Waals surface area (Å²) in [5.41, 5.74) is 0. The van der Waals surface area contributed by atoms with E-state index < -0.39 is 18.1 Å². The smallest absolute Gasteiger partial charge is 0.306 e. The number of carbonyl (C=O) groups is 3. The molecule has 252 valence electrons. The van der Waals surface area contributed by atoms with Gasteiger partial charge in [-0.1, -0.05) is 103 Å². The van der Waals surface area contributed by atoms with Gasteiger partial charge in [0.1, 0.15) is 12.6 Å². The molecule has 0 aliphatic rings. The number of rotatable bonds is 30. The molecule has 0 heterocycles. The lowest BCUT2D eigenvalue weighted by Crippen LogP contribution is -2.55. The third-order valence-corrected chi connectivity index (χ3v) is 7.65. The van der Waals surface area contributed by atoms with Crippen LogP contribution in [0.15, 0.2) is 12.2 Å². The predicted molar refractivity (Wildman–Crippen MR) is 171 cm³/mol. The van der Waals surface area contributed by atoms with Gasteiger partial charge in [-0.25, -0.2) is 0 Å². The largest absolute Gasteiger partial charge is 0.544 e. The maximum Gasteiger partial charge on any atom is 0.306 e. The number of ether oxygens (including phenoxy) is 3. The zero-order chi connectivity index (χ0) is 32.2. The number of quaternary nitrogens is 1. The van der Waals surface area contributed by atoms with Gasteiger partial charge in [-0.15, -0.1) is 0 Å². The number of carbonyl (C=O) groups excluding carboxylic acids is 3. The molecule has 0 aromatic heterocycles. The maximum atomic E-state index is 12.5. The molecule has 0 saturated carbocycles. The molecule has 8 heteroatoms. The maximum absolute atomic E-state index is 12.5. The Kier molecular flexibility index (Phi) is 26.4. The van der Waals surface area contributed by atoms with Gasteiger partial charge in [0, 0.05) is 19.3 Å². The minimum Gasteiger partial charge on any atom is -0.544 e. The van der Waals surface area contributed by atoms with E-state index in [0.29, 0.717) is 12.8 Å². The topological polar surface area (TPSA) is 102 Å². The molecule has 0 saturated heterocycles. The van der Waals surface area contributed by atoms with Crippen LogP contribution in [-0.2, 0) is 28.6 Å². The summed E-state index contributed by atoms with van der Waals surface area (Å²) in [5.74, 6) is -1.75. The minimum absolute atomic E-state index is 0.0419. The molecule has 43 heavy (non-hydrogen) atoms. The van der Waals surface area contributed by atoms with E-state index in [1.165, 1.54) is 57.8 Å². The first kappa shape index (κ1) is 41.1. The van der Waals surface area contributed by atoms with E-state index in [9.17, 15) is 19.5 Å². The van der Waals surface area contributed by atoms with Gasteiger partial charge >= 0.3 is 11.9 Å². The van der Waals surface area contributed by atoms with Crippen molar-refractivity contribution in [3.05, 3.63) is 12.2 Å². The number of nitrogens with zero attached hydrogens (tertiary/aromatic N) is 1. The molecule has 8 nitrogen and oxygen atoms in total. The average molecular weight is 612 g/mol. The van der Waals surface area contributed by atoms with Crippen LogP contribution in [0.3, 0.4) is 0 Å². The summed E-state index contributed by atoms with van der Waals surface area (Å²) >= 11 is 0. The summed E-state index contributed by atoms with van der Waals surface area (Å²) in [6, 6.07) is -0.719. The fourth-order valence-electron chi connectivity index (χ4n) is 4.87. The van der Waals surface area contributed by atoms with Gasteiger partial charge in [0.05, 0.1) is 40.3 Å². The summed E-state index contributed by atoms with van der Waals surface area (Å²) < 4.78 is 17.0. The molecule has 0 amide bonds. The van der Waals surface area contributed by atoms with E-state index in [1.807, 2.05) is 0 Å². The van der Waals surface area contributed by atoms with Crippen molar-refractivity contribution in [2.24, 2.45) is 0 Å². The molecule has 0 N–H and O–H groups in total. The van der Waals surface area contributed by atoms with Gasteiger partial charge in [0.25, 0.3) is 0 Å². The molecule has 0 spiro atoms. The van der Waals surface area contributed by atoms with Gasteiger partial charge in [0.15, 0.2) is 6.10 Å². The quantitative estimate of drug-likeness (QED) is 0.0386. The molecule has 0 rings (SSSR count). The number of allylic oxidation sites excluding steroid dienone is 2. The zero-order valence-electron chi connectivity index (χ0n) is 28.4.